The standard InChI is InChI=1S/C16H24N4/c1-4-10-20-16(15(17)13(3)19-20)18-9-8-14-7-5-6-12(2)11-14/h5-7,11,18H,4,8-10,17H2,1-3H3. The van der Waals surface area contributed by atoms with Crippen LogP contribution in [0.3, 0.4) is 0 Å². The van der Waals surface area contributed by atoms with E-state index in [2.05, 4.69) is 48.5 Å². The van der Waals surface area contributed by atoms with Gasteiger partial charge in [-0.3, -0.25) is 0 Å². The minimum atomic E-state index is 0.766. The summed E-state index contributed by atoms with van der Waals surface area (Å²) in [6.07, 6.45) is 2.03. The molecule has 0 radical (unpaired) electrons. The molecule has 20 heavy (non-hydrogen) atoms. The van der Waals surface area contributed by atoms with Crippen molar-refractivity contribution in [3.8, 4) is 0 Å². The average Bonchev–Trinajstić information content (AvgIpc) is 2.67. The minimum Gasteiger partial charge on any atom is -0.394 e. The van der Waals surface area contributed by atoms with Crippen LogP contribution in [-0.2, 0) is 13.0 Å². The molecule has 108 valence electrons. The van der Waals surface area contributed by atoms with E-state index in [9.17, 15) is 0 Å². The number of aryl methyl sites for hydroxylation is 3. The van der Waals surface area contributed by atoms with Crippen molar-refractivity contribution in [1.82, 2.24) is 9.78 Å². The molecular weight excluding hydrogens is 248 g/mol. The lowest BCUT2D eigenvalue weighted by molar-refractivity contribution is 0.603. The molecule has 0 aliphatic carbocycles. The van der Waals surface area contributed by atoms with Crippen LogP contribution >= 0.6 is 0 Å². The summed E-state index contributed by atoms with van der Waals surface area (Å²) in [5.41, 5.74) is 10.4. The van der Waals surface area contributed by atoms with E-state index in [-0.39, 0.29) is 0 Å². The lowest BCUT2D eigenvalue weighted by Gasteiger charge is -2.10. The Labute approximate surface area is 121 Å². The predicted molar refractivity (Wildman–Crippen MR) is 85.0 cm³/mol. The average molecular weight is 272 g/mol. The number of nitrogen functional groups attached to an aromatic ring is 1. The number of nitrogens with one attached hydrogen (secondary N) is 1. The fourth-order valence-corrected chi connectivity index (χ4v) is 2.35. The molecule has 0 saturated carbocycles. The Morgan fingerprint density at radius 3 is 2.80 bits per heavy atom. The van der Waals surface area contributed by atoms with Crippen LogP contribution in [0, 0.1) is 13.8 Å². The molecule has 0 fully saturated rings. The van der Waals surface area contributed by atoms with E-state index in [1.165, 1.54) is 11.1 Å². The number of rotatable bonds is 6. The molecule has 0 saturated heterocycles. The lowest BCUT2D eigenvalue weighted by atomic mass is 10.1. The van der Waals surface area contributed by atoms with E-state index in [1.807, 2.05) is 11.6 Å². The molecule has 0 bridgehead atoms. The van der Waals surface area contributed by atoms with Crippen molar-refractivity contribution in [2.75, 3.05) is 17.6 Å². The predicted octanol–water partition coefficient (Wildman–Crippen LogP) is 3.15. The maximum absolute atomic E-state index is 6.09. The SMILES string of the molecule is CCCn1nc(C)c(N)c1NCCc1cccc(C)c1. The first-order valence-electron chi connectivity index (χ1n) is 7.24. The van der Waals surface area contributed by atoms with Gasteiger partial charge in [0.2, 0.25) is 0 Å². The summed E-state index contributed by atoms with van der Waals surface area (Å²) in [6.45, 7) is 7.97. The van der Waals surface area contributed by atoms with Gasteiger partial charge in [0.05, 0.1) is 11.4 Å². The zero-order valence-corrected chi connectivity index (χ0v) is 12.6. The Balaban J connectivity index is 2.00. The minimum absolute atomic E-state index is 0.766. The van der Waals surface area contributed by atoms with Crippen LogP contribution in [0.5, 0.6) is 0 Å². The van der Waals surface area contributed by atoms with Gasteiger partial charge < -0.3 is 11.1 Å². The zero-order chi connectivity index (χ0) is 14.5. The van der Waals surface area contributed by atoms with Gasteiger partial charge in [-0.05, 0) is 32.3 Å². The summed E-state index contributed by atoms with van der Waals surface area (Å²) in [6, 6.07) is 8.60. The van der Waals surface area contributed by atoms with Crippen molar-refractivity contribution >= 4 is 11.5 Å². The zero-order valence-electron chi connectivity index (χ0n) is 12.6. The van der Waals surface area contributed by atoms with Gasteiger partial charge in [0.1, 0.15) is 5.82 Å². The summed E-state index contributed by atoms with van der Waals surface area (Å²) in [5, 5.41) is 7.90. The van der Waals surface area contributed by atoms with Gasteiger partial charge in [-0.1, -0.05) is 36.8 Å². The van der Waals surface area contributed by atoms with E-state index in [1.54, 1.807) is 0 Å². The molecule has 2 rings (SSSR count). The maximum atomic E-state index is 6.09. The van der Waals surface area contributed by atoms with Gasteiger partial charge in [-0.15, -0.1) is 0 Å². The summed E-state index contributed by atoms with van der Waals surface area (Å²) in [7, 11) is 0. The van der Waals surface area contributed by atoms with Crippen molar-refractivity contribution in [3.05, 3.63) is 41.1 Å². The third-order valence-electron chi connectivity index (χ3n) is 3.40. The topological polar surface area (TPSA) is 55.9 Å². The number of benzene rings is 1. The Bertz CT molecular complexity index is 572. The molecule has 4 heteroatoms. The molecule has 2 aromatic rings. The fraction of sp³-hybridized carbons (Fsp3) is 0.438. The Kier molecular flexibility index (Phi) is 4.66. The molecule has 0 aliphatic heterocycles. The molecule has 0 unspecified atom stereocenters. The summed E-state index contributed by atoms with van der Waals surface area (Å²) >= 11 is 0. The first-order valence-corrected chi connectivity index (χ1v) is 7.24. The molecule has 0 aliphatic rings. The van der Waals surface area contributed by atoms with Gasteiger partial charge in [0.25, 0.3) is 0 Å². The molecule has 0 amide bonds. The van der Waals surface area contributed by atoms with Gasteiger partial charge in [0, 0.05) is 13.1 Å². The quantitative estimate of drug-likeness (QED) is 0.849. The van der Waals surface area contributed by atoms with Gasteiger partial charge in [0.15, 0.2) is 0 Å². The van der Waals surface area contributed by atoms with Crippen molar-refractivity contribution in [1.29, 1.82) is 0 Å². The maximum Gasteiger partial charge on any atom is 0.148 e. The number of anilines is 2. The van der Waals surface area contributed by atoms with Gasteiger partial charge in [-0.2, -0.15) is 5.10 Å². The lowest BCUT2D eigenvalue weighted by Crippen LogP contribution is -2.12. The Morgan fingerprint density at radius 1 is 1.30 bits per heavy atom. The number of hydrogen-bond acceptors (Lipinski definition) is 3. The first-order chi connectivity index (χ1) is 9.61. The van der Waals surface area contributed by atoms with Crippen LogP contribution < -0.4 is 11.1 Å². The van der Waals surface area contributed by atoms with Crippen LogP contribution in [0.15, 0.2) is 24.3 Å². The summed E-state index contributed by atoms with van der Waals surface area (Å²) < 4.78 is 1.97. The van der Waals surface area contributed by atoms with E-state index in [0.29, 0.717) is 0 Å². The molecule has 1 aromatic carbocycles. The van der Waals surface area contributed by atoms with Crippen LogP contribution in [0.4, 0.5) is 11.5 Å². The van der Waals surface area contributed by atoms with Gasteiger partial charge in [-0.25, -0.2) is 4.68 Å². The highest BCUT2D eigenvalue weighted by molar-refractivity contribution is 5.64. The third-order valence-corrected chi connectivity index (χ3v) is 3.40. The van der Waals surface area contributed by atoms with Crippen molar-refractivity contribution in [3.63, 3.8) is 0 Å². The highest BCUT2D eigenvalue weighted by atomic mass is 15.3. The van der Waals surface area contributed by atoms with Crippen LogP contribution in [0.25, 0.3) is 0 Å². The highest BCUT2D eigenvalue weighted by Gasteiger charge is 2.11. The van der Waals surface area contributed by atoms with Crippen LogP contribution in [-0.4, -0.2) is 16.3 Å². The second-order valence-corrected chi connectivity index (χ2v) is 5.24. The second kappa shape index (κ2) is 6.46. The van der Waals surface area contributed by atoms with E-state index in [4.69, 9.17) is 5.73 Å². The normalized spacial score (nSPS) is 10.8. The second-order valence-electron chi connectivity index (χ2n) is 5.24. The van der Waals surface area contributed by atoms with E-state index < -0.39 is 0 Å². The fourth-order valence-electron chi connectivity index (χ4n) is 2.35. The summed E-state index contributed by atoms with van der Waals surface area (Å²) in [5.74, 6) is 0.956. The molecule has 1 aromatic heterocycles. The monoisotopic (exact) mass is 272 g/mol. The van der Waals surface area contributed by atoms with Crippen LogP contribution in [0.1, 0.15) is 30.2 Å². The third kappa shape index (κ3) is 3.32. The largest absolute Gasteiger partial charge is 0.394 e. The Morgan fingerprint density at radius 2 is 2.10 bits per heavy atom. The van der Waals surface area contributed by atoms with Gasteiger partial charge >= 0.3 is 0 Å². The number of nitrogens with zero attached hydrogens (tertiary/aromatic N) is 2. The van der Waals surface area contributed by atoms with E-state index >= 15 is 0 Å². The molecule has 0 atom stereocenters. The van der Waals surface area contributed by atoms with Crippen molar-refractivity contribution in [2.24, 2.45) is 0 Å². The molecular formula is C16H24N4. The molecule has 0 spiro atoms. The van der Waals surface area contributed by atoms with Crippen LogP contribution in [0.2, 0.25) is 0 Å². The molecule has 3 N–H and O–H groups in total. The smallest absolute Gasteiger partial charge is 0.148 e. The Hall–Kier alpha value is -1.97. The molecule has 4 nitrogen and oxygen atoms in total. The number of hydrogen-bond donors (Lipinski definition) is 2. The van der Waals surface area contributed by atoms with Crippen molar-refractivity contribution in [2.45, 2.75) is 40.2 Å². The summed E-state index contributed by atoms with van der Waals surface area (Å²) in [4.78, 5) is 0. The molecule has 1 heterocycles. The highest BCUT2D eigenvalue weighted by Crippen LogP contribution is 2.22. The van der Waals surface area contributed by atoms with E-state index in [0.717, 1.165) is 43.1 Å². The number of nitrogens with two attached hydrogens (primary N) is 1. The van der Waals surface area contributed by atoms with Crippen molar-refractivity contribution < 1.29 is 0 Å². The number of aromatic nitrogens is 2. The first kappa shape index (κ1) is 14.4.